The van der Waals surface area contributed by atoms with Gasteiger partial charge in [-0.3, -0.25) is 9.56 Å². The van der Waals surface area contributed by atoms with Gasteiger partial charge in [-0.2, -0.15) is 0 Å². The summed E-state index contributed by atoms with van der Waals surface area (Å²) in [5, 5.41) is 0. The Kier molecular flexibility index (Phi) is 15.8. The number of rotatable bonds is 19. The molecule has 2 aromatic rings. The van der Waals surface area contributed by atoms with Crippen LogP contribution in [0.4, 0.5) is 5.69 Å². The van der Waals surface area contributed by atoms with Crippen LogP contribution < -0.4 is 4.90 Å². The Labute approximate surface area is 237 Å². The molecule has 0 saturated heterocycles. The van der Waals surface area contributed by atoms with Crippen LogP contribution in [-0.4, -0.2) is 45.2 Å². The van der Waals surface area contributed by atoms with Crippen LogP contribution in [0.3, 0.4) is 0 Å². The number of unbranched alkanes of at least 4 members (excludes halogenated alkanes) is 2. The van der Waals surface area contributed by atoms with Crippen molar-refractivity contribution in [3.05, 3.63) is 77.4 Å². The highest BCUT2D eigenvalue weighted by Gasteiger charge is 2.22. The van der Waals surface area contributed by atoms with Crippen LogP contribution in [0.25, 0.3) is 11.6 Å². The molecule has 0 bridgehead atoms. The van der Waals surface area contributed by atoms with E-state index in [-0.39, 0.29) is 0 Å². The molecule has 0 saturated carbocycles. The van der Waals surface area contributed by atoms with Gasteiger partial charge >= 0.3 is 7.60 Å². The van der Waals surface area contributed by atoms with Gasteiger partial charge in [0.2, 0.25) is 0 Å². The molecule has 0 aliphatic carbocycles. The van der Waals surface area contributed by atoms with Gasteiger partial charge in [0.15, 0.2) is 0 Å². The fourth-order valence-electron chi connectivity index (χ4n) is 4.31. The highest BCUT2D eigenvalue weighted by Crippen LogP contribution is 2.48. The summed E-state index contributed by atoms with van der Waals surface area (Å²) in [6, 6.07) is 17.3. The number of hydrogen-bond donors (Lipinski definition) is 0. The average Bonchev–Trinajstić information content (AvgIpc) is 2.93. The quantitative estimate of drug-likeness (QED) is 0.0754. The molecular formula is C33H49N2O3P. The predicted octanol–water partition coefficient (Wildman–Crippen LogP) is 9.23. The topological polar surface area (TPSA) is 51.1 Å². The number of aliphatic imine (C=N–C) groups is 1. The Hall–Kier alpha value is -2.46. The van der Waals surface area contributed by atoms with Gasteiger partial charge in [0.25, 0.3) is 0 Å². The number of benzene rings is 2. The Morgan fingerprint density at radius 2 is 1.54 bits per heavy atom. The summed E-state index contributed by atoms with van der Waals surface area (Å²) in [5.74, 6) is 0. The molecule has 0 atom stereocenters. The van der Waals surface area contributed by atoms with Crippen molar-refractivity contribution in [2.24, 2.45) is 4.99 Å². The molecule has 2 aromatic carbocycles. The number of nitrogens with zero attached hydrogens (tertiary/aromatic N) is 2. The van der Waals surface area contributed by atoms with Crippen LogP contribution in [0, 0.1) is 6.92 Å². The van der Waals surface area contributed by atoms with Crippen LogP contribution in [0.15, 0.2) is 65.7 Å². The molecule has 0 fully saturated rings. The van der Waals surface area contributed by atoms with E-state index in [0.29, 0.717) is 32.3 Å². The fourth-order valence-corrected chi connectivity index (χ4v) is 5.95. The zero-order chi connectivity index (χ0) is 28.3. The Balaban J connectivity index is 2.13. The zero-order valence-corrected chi connectivity index (χ0v) is 25.7. The number of allylic oxidation sites excluding steroid dienone is 3. The standard InChI is InChI=1S/C33H49N2O3P/c1-6-10-26-35(27-11-7-2)32-21-18-30(19-22-32)17-20-31(33-16-13-12-15-29(33)5)23-25-34-24-14-28-39(36,37-8-3)38-9-4/h12-13,15-23,25H,6-11,14,24,26-28H2,1-5H3/b20-17?,31-23-,34-25?. The minimum absolute atomic E-state index is 0.380. The summed E-state index contributed by atoms with van der Waals surface area (Å²) in [5.41, 5.74) is 5.97. The van der Waals surface area contributed by atoms with Crippen LogP contribution in [-0.2, 0) is 13.6 Å². The first-order valence-corrected chi connectivity index (χ1v) is 16.4. The summed E-state index contributed by atoms with van der Waals surface area (Å²) in [7, 11) is -3.01. The van der Waals surface area contributed by atoms with Crippen LogP contribution in [0.1, 0.15) is 76.5 Å². The maximum atomic E-state index is 12.6. The van der Waals surface area contributed by atoms with Gasteiger partial charge in [0.05, 0.1) is 19.4 Å². The van der Waals surface area contributed by atoms with E-state index in [9.17, 15) is 4.57 Å². The predicted molar refractivity (Wildman–Crippen MR) is 170 cm³/mol. The van der Waals surface area contributed by atoms with E-state index in [1.165, 1.54) is 48.1 Å². The molecule has 0 amide bonds. The van der Waals surface area contributed by atoms with E-state index in [2.05, 4.69) is 97.4 Å². The second-order valence-electron chi connectivity index (χ2n) is 9.63. The van der Waals surface area contributed by atoms with Crippen molar-refractivity contribution in [1.82, 2.24) is 0 Å². The molecule has 0 heterocycles. The first kappa shape index (κ1) is 32.8. The first-order valence-electron chi connectivity index (χ1n) is 14.6. The van der Waals surface area contributed by atoms with Crippen molar-refractivity contribution in [3.8, 4) is 0 Å². The lowest BCUT2D eigenvalue weighted by Gasteiger charge is -2.24. The van der Waals surface area contributed by atoms with E-state index in [1.807, 2.05) is 20.1 Å². The number of anilines is 1. The fraction of sp³-hybridized carbons (Fsp3) is 0.485. The lowest BCUT2D eigenvalue weighted by Crippen LogP contribution is -2.25. The second-order valence-corrected chi connectivity index (χ2v) is 11.8. The lowest BCUT2D eigenvalue weighted by atomic mass is 9.99. The molecule has 0 radical (unpaired) electrons. The molecule has 0 unspecified atom stereocenters. The monoisotopic (exact) mass is 552 g/mol. The Bertz CT molecular complexity index is 1070. The smallest absolute Gasteiger partial charge is 0.330 e. The van der Waals surface area contributed by atoms with Crippen LogP contribution in [0.5, 0.6) is 0 Å². The first-order chi connectivity index (χ1) is 19.0. The molecule has 214 valence electrons. The van der Waals surface area contributed by atoms with E-state index >= 15 is 0 Å². The van der Waals surface area contributed by atoms with Crippen molar-refractivity contribution in [2.45, 2.75) is 66.7 Å². The minimum Gasteiger partial charge on any atom is -0.372 e. The summed E-state index contributed by atoms with van der Waals surface area (Å²) >= 11 is 0. The highest BCUT2D eigenvalue weighted by atomic mass is 31.2. The summed E-state index contributed by atoms with van der Waals surface area (Å²) < 4.78 is 23.4. The van der Waals surface area contributed by atoms with Crippen molar-refractivity contribution >= 4 is 31.1 Å². The van der Waals surface area contributed by atoms with Gasteiger partial charge in [-0.05, 0) is 80.5 Å². The van der Waals surface area contributed by atoms with Gasteiger partial charge < -0.3 is 13.9 Å². The van der Waals surface area contributed by atoms with Crippen molar-refractivity contribution in [3.63, 3.8) is 0 Å². The van der Waals surface area contributed by atoms with Gasteiger partial charge in [0.1, 0.15) is 0 Å². The third kappa shape index (κ3) is 12.1. The van der Waals surface area contributed by atoms with E-state index < -0.39 is 7.60 Å². The van der Waals surface area contributed by atoms with Crippen LogP contribution >= 0.6 is 7.60 Å². The molecule has 0 N–H and O–H groups in total. The van der Waals surface area contributed by atoms with Gasteiger partial charge in [0, 0.05) is 31.5 Å². The number of hydrogen-bond acceptors (Lipinski definition) is 5. The summed E-state index contributed by atoms with van der Waals surface area (Å²) in [6.45, 7) is 13.8. The van der Waals surface area contributed by atoms with E-state index in [1.54, 1.807) is 0 Å². The molecule has 0 aliphatic heterocycles. The molecule has 2 rings (SSSR count). The second kappa shape index (κ2) is 18.8. The van der Waals surface area contributed by atoms with E-state index in [0.717, 1.165) is 18.7 Å². The summed E-state index contributed by atoms with van der Waals surface area (Å²) in [4.78, 5) is 7.06. The van der Waals surface area contributed by atoms with Crippen molar-refractivity contribution < 1.29 is 13.6 Å². The molecule has 0 aliphatic rings. The van der Waals surface area contributed by atoms with Gasteiger partial charge in [-0.25, -0.2) is 0 Å². The third-order valence-corrected chi connectivity index (χ3v) is 8.63. The normalized spacial score (nSPS) is 12.6. The van der Waals surface area contributed by atoms with Crippen molar-refractivity contribution in [2.75, 3.05) is 43.9 Å². The zero-order valence-electron chi connectivity index (χ0n) is 24.8. The maximum absolute atomic E-state index is 12.6. The van der Waals surface area contributed by atoms with Gasteiger partial charge in [-0.1, -0.05) is 75.2 Å². The molecule has 39 heavy (non-hydrogen) atoms. The highest BCUT2D eigenvalue weighted by molar-refractivity contribution is 7.53. The van der Waals surface area contributed by atoms with Gasteiger partial charge in [-0.15, -0.1) is 0 Å². The molecule has 0 aromatic heterocycles. The SMILES string of the molecule is CCCCN(CCCC)c1ccc(C=C/C(=C/C=NCCCP(=O)(OCC)OCC)c2ccccc2C)cc1. The van der Waals surface area contributed by atoms with Crippen LogP contribution in [0.2, 0.25) is 0 Å². The third-order valence-electron chi connectivity index (χ3n) is 6.46. The Morgan fingerprint density at radius 1 is 0.897 bits per heavy atom. The van der Waals surface area contributed by atoms with E-state index in [4.69, 9.17) is 9.05 Å². The lowest BCUT2D eigenvalue weighted by molar-refractivity contribution is 0.220. The summed E-state index contributed by atoms with van der Waals surface area (Å²) in [6.07, 6.45) is 14.1. The molecule has 5 nitrogen and oxygen atoms in total. The Morgan fingerprint density at radius 3 is 2.13 bits per heavy atom. The van der Waals surface area contributed by atoms with Crippen molar-refractivity contribution in [1.29, 1.82) is 0 Å². The molecular weight excluding hydrogens is 503 g/mol. The maximum Gasteiger partial charge on any atom is 0.330 e. The largest absolute Gasteiger partial charge is 0.372 e. The minimum atomic E-state index is -3.01. The number of aryl methyl sites for hydroxylation is 1. The molecule has 0 spiro atoms. The average molecular weight is 553 g/mol. The molecule has 6 heteroatoms.